The molecule has 0 amide bonds. The molecule has 0 unspecified atom stereocenters. The molecular formula is C20H21NO6. The van der Waals surface area contributed by atoms with Gasteiger partial charge >= 0.3 is 5.97 Å². The van der Waals surface area contributed by atoms with Crippen LogP contribution in [0.2, 0.25) is 0 Å². The molecule has 0 aromatic heterocycles. The molecule has 0 spiro atoms. The third kappa shape index (κ3) is 5.91. The fourth-order valence-electron chi connectivity index (χ4n) is 2.31. The van der Waals surface area contributed by atoms with Gasteiger partial charge in [0.05, 0.1) is 4.92 Å². The Morgan fingerprint density at radius 1 is 1.04 bits per heavy atom. The molecule has 142 valence electrons. The molecule has 2 aromatic rings. The molecule has 2 rings (SSSR count). The van der Waals surface area contributed by atoms with Crippen molar-refractivity contribution in [3.05, 3.63) is 69.8 Å². The maximum absolute atomic E-state index is 12.1. The Morgan fingerprint density at radius 2 is 1.67 bits per heavy atom. The molecule has 1 atom stereocenters. The van der Waals surface area contributed by atoms with Crippen molar-refractivity contribution < 1.29 is 24.0 Å². The molecule has 7 nitrogen and oxygen atoms in total. The monoisotopic (exact) mass is 371 g/mol. The van der Waals surface area contributed by atoms with Crippen molar-refractivity contribution >= 4 is 17.4 Å². The smallest absolute Gasteiger partial charge is 0.344 e. The lowest BCUT2D eigenvalue weighted by molar-refractivity contribution is -0.384. The van der Waals surface area contributed by atoms with E-state index in [0.717, 1.165) is 12.0 Å². The molecule has 0 saturated carbocycles. The Labute approximate surface area is 157 Å². The fourth-order valence-corrected chi connectivity index (χ4v) is 2.31. The number of ketones is 1. The van der Waals surface area contributed by atoms with Gasteiger partial charge in [0.15, 0.2) is 19.0 Å². The summed E-state index contributed by atoms with van der Waals surface area (Å²) in [5.74, 6) is -0.277. The van der Waals surface area contributed by atoms with E-state index in [4.69, 9.17) is 9.47 Å². The summed E-state index contributed by atoms with van der Waals surface area (Å²) in [6.07, 6.45) is 1.01. The van der Waals surface area contributed by atoms with E-state index >= 15 is 0 Å². The second kappa shape index (κ2) is 9.47. The molecule has 0 radical (unpaired) electrons. The van der Waals surface area contributed by atoms with E-state index in [2.05, 4.69) is 13.8 Å². The summed E-state index contributed by atoms with van der Waals surface area (Å²) in [4.78, 5) is 33.8. The van der Waals surface area contributed by atoms with Crippen LogP contribution in [-0.4, -0.2) is 29.9 Å². The molecule has 0 aliphatic heterocycles. The van der Waals surface area contributed by atoms with Crippen LogP contribution in [0.5, 0.6) is 5.75 Å². The Kier molecular flexibility index (Phi) is 7.05. The first-order chi connectivity index (χ1) is 12.9. The van der Waals surface area contributed by atoms with E-state index < -0.39 is 17.5 Å². The predicted octanol–water partition coefficient (Wildman–Crippen LogP) is 3.91. The maximum Gasteiger partial charge on any atom is 0.344 e. The highest BCUT2D eigenvalue weighted by atomic mass is 16.6. The van der Waals surface area contributed by atoms with E-state index in [-0.39, 0.29) is 18.1 Å². The van der Waals surface area contributed by atoms with Gasteiger partial charge < -0.3 is 9.47 Å². The van der Waals surface area contributed by atoms with Gasteiger partial charge in [-0.2, -0.15) is 0 Å². The number of hydrogen-bond donors (Lipinski definition) is 0. The van der Waals surface area contributed by atoms with Gasteiger partial charge in [-0.05, 0) is 30.0 Å². The van der Waals surface area contributed by atoms with Crippen molar-refractivity contribution in [3.63, 3.8) is 0 Å². The van der Waals surface area contributed by atoms with Crippen LogP contribution in [0.15, 0.2) is 48.5 Å². The lowest BCUT2D eigenvalue weighted by Gasteiger charge is -2.10. The van der Waals surface area contributed by atoms with Crippen molar-refractivity contribution in [2.45, 2.75) is 26.2 Å². The summed E-state index contributed by atoms with van der Waals surface area (Å²) in [7, 11) is 0. The molecule has 0 aliphatic carbocycles. The molecule has 0 N–H and O–H groups in total. The number of carbonyl (C=O) groups excluding carboxylic acids is 2. The Morgan fingerprint density at radius 3 is 2.22 bits per heavy atom. The van der Waals surface area contributed by atoms with E-state index in [1.54, 1.807) is 12.1 Å². The van der Waals surface area contributed by atoms with Gasteiger partial charge in [0.25, 0.3) is 5.69 Å². The number of nitro benzene ring substituents is 1. The van der Waals surface area contributed by atoms with Crippen LogP contribution in [0.1, 0.15) is 42.1 Å². The number of non-ortho nitro benzene ring substituents is 1. The van der Waals surface area contributed by atoms with Gasteiger partial charge in [-0.25, -0.2) is 4.79 Å². The first-order valence-electron chi connectivity index (χ1n) is 8.56. The SMILES string of the molecule is CC[C@H](C)c1ccc(C(=O)COC(=O)COc2ccc([N+](=O)[O-])cc2)cc1. The highest BCUT2D eigenvalue weighted by Gasteiger charge is 2.12. The van der Waals surface area contributed by atoms with Crippen molar-refractivity contribution in [2.24, 2.45) is 0 Å². The lowest BCUT2D eigenvalue weighted by atomic mass is 9.97. The topological polar surface area (TPSA) is 95.7 Å². The summed E-state index contributed by atoms with van der Waals surface area (Å²) >= 11 is 0. The average Bonchev–Trinajstić information content (AvgIpc) is 2.70. The summed E-state index contributed by atoms with van der Waals surface area (Å²) in [6.45, 7) is 3.45. The molecule has 0 heterocycles. The van der Waals surface area contributed by atoms with Crippen molar-refractivity contribution in [1.82, 2.24) is 0 Å². The standard InChI is InChI=1S/C20H21NO6/c1-3-14(2)15-4-6-16(7-5-15)19(22)12-27-20(23)13-26-18-10-8-17(9-11-18)21(24)25/h4-11,14H,3,12-13H2,1-2H3/t14-/m0/s1. The van der Waals surface area contributed by atoms with Crippen LogP contribution in [0.3, 0.4) is 0 Å². The molecule has 27 heavy (non-hydrogen) atoms. The molecule has 0 bridgehead atoms. The van der Waals surface area contributed by atoms with Crippen molar-refractivity contribution in [1.29, 1.82) is 0 Å². The summed E-state index contributed by atoms with van der Waals surface area (Å²) in [6, 6.07) is 12.6. The Bertz CT molecular complexity index is 798. The third-order valence-corrected chi connectivity index (χ3v) is 4.18. The fraction of sp³-hybridized carbons (Fsp3) is 0.300. The van der Waals surface area contributed by atoms with Crippen molar-refractivity contribution in [2.75, 3.05) is 13.2 Å². The van der Waals surface area contributed by atoms with E-state index in [0.29, 0.717) is 17.2 Å². The minimum Gasteiger partial charge on any atom is -0.482 e. The maximum atomic E-state index is 12.1. The van der Waals surface area contributed by atoms with E-state index in [9.17, 15) is 19.7 Å². The largest absolute Gasteiger partial charge is 0.482 e. The summed E-state index contributed by atoms with van der Waals surface area (Å²) in [5, 5.41) is 10.6. The van der Waals surface area contributed by atoms with Crippen molar-refractivity contribution in [3.8, 4) is 5.75 Å². The summed E-state index contributed by atoms with van der Waals surface area (Å²) < 4.78 is 10.1. The number of esters is 1. The Hall–Kier alpha value is -3.22. The number of carbonyl (C=O) groups is 2. The number of nitrogens with zero attached hydrogens (tertiary/aromatic N) is 1. The minimum atomic E-state index is -0.696. The van der Waals surface area contributed by atoms with Crippen LogP contribution in [-0.2, 0) is 9.53 Å². The summed E-state index contributed by atoms with van der Waals surface area (Å²) in [5.41, 5.74) is 1.56. The average molecular weight is 371 g/mol. The predicted molar refractivity (Wildman–Crippen MR) is 99.0 cm³/mol. The molecule has 2 aromatic carbocycles. The zero-order valence-corrected chi connectivity index (χ0v) is 15.2. The molecule has 7 heteroatoms. The number of hydrogen-bond acceptors (Lipinski definition) is 6. The number of nitro groups is 1. The second-order valence-electron chi connectivity index (χ2n) is 6.05. The Balaban J connectivity index is 1.79. The number of ether oxygens (including phenoxy) is 2. The first kappa shape index (κ1) is 20.1. The second-order valence-corrected chi connectivity index (χ2v) is 6.05. The van der Waals surface area contributed by atoms with Gasteiger partial charge in [-0.1, -0.05) is 38.1 Å². The zero-order valence-electron chi connectivity index (χ0n) is 15.2. The number of benzene rings is 2. The first-order valence-corrected chi connectivity index (χ1v) is 8.56. The molecule has 0 fully saturated rings. The normalized spacial score (nSPS) is 11.5. The molecule has 0 saturated heterocycles. The quantitative estimate of drug-likeness (QED) is 0.287. The van der Waals surface area contributed by atoms with Crippen LogP contribution in [0, 0.1) is 10.1 Å². The molecular weight excluding hydrogens is 350 g/mol. The van der Waals surface area contributed by atoms with Gasteiger partial charge in [0.1, 0.15) is 5.75 Å². The van der Waals surface area contributed by atoms with Crippen LogP contribution < -0.4 is 4.74 Å². The highest BCUT2D eigenvalue weighted by molar-refractivity contribution is 5.98. The van der Waals surface area contributed by atoms with E-state index in [1.165, 1.54) is 24.3 Å². The van der Waals surface area contributed by atoms with Crippen LogP contribution >= 0.6 is 0 Å². The van der Waals surface area contributed by atoms with Gasteiger partial charge in [-0.3, -0.25) is 14.9 Å². The van der Waals surface area contributed by atoms with Gasteiger partial charge in [0.2, 0.25) is 0 Å². The van der Waals surface area contributed by atoms with Crippen LogP contribution in [0.25, 0.3) is 0 Å². The van der Waals surface area contributed by atoms with Crippen LogP contribution in [0.4, 0.5) is 5.69 Å². The molecule has 0 aliphatic rings. The minimum absolute atomic E-state index is 0.0742. The van der Waals surface area contributed by atoms with E-state index in [1.807, 2.05) is 12.1 Å². The van der Waals surface area contributed by atoms with Gasteiger partial charge in [-0.15, -0.1) is 0 Å². The number of rotatable bonds is 9. The zero-order chi connectivity index (χ0) is 19.8. The van der Waals surface area contributed by atoms with Gasteiger partial charge in [0, 0.05) is 17.7 Å². The third-order valence-electron chi connectivity index (χ3n) is 4.18. The lowest BCUT2D eigenvalue weighted by Crippen LogP contribution is -2.19. The highest BCUT2D eigenvalue weighted by Crippen LogP contribution is 2.19. The number of Topliss-reactive ketones (excluding diaryl/α,β-unsaturated/α-hetero) is 1.